The zero-order valence-electron chi connectivity index (χ0n) is 15.0. The summed E-state index contributed by atoms with van der Waals surface area (Å²) in [7, 11) is 1.24. The highest BCUT2D eigenvalue weighted by molar-refractivity contribution is 5.90. The average Bonchev–Trinajstić information content (AvgIpc) is 2.58. The molecule has 0 aliphatic carbocycles. The van der Waals surface area contributed by atoms with Gasteiger partial charge in [0.05, 0.1) is 7.11 Å². The van der Waals surface area contributed by atoms with Gasteiger partial charge in [0, 0.05) is 13.3 Å². The van der Waals surface area contributed by atoms with Gasteiger partial charge in [0.25, 0.3) is 0 Å². The minimum Gasteiger partial charge on any atom is -0.467 e. The number of rotatable bonds is 8. The Kier molecular flexibility index (Phi) is 8.04. The van der Waals surface area contributed by atoms with Crippen molar-refractivity contribution in [3.8, 4) is 0 Å². The van der Waals surface area contributed by atoms with Crippen molar-refractivity contribution in [2.75, 3.05) is 7.11 Å². The Labute approximate surface area is 147 Å². The van der Waals surface area contributed by atoms with Gasteiger partial charge < -0.3 is 15.4 Å². The van der Waals surface area contributed by atoms with Gasteiger partial charge in [-0.1, -0.05) is 38.5 Å². The van der Waals surface area contributed by atoms with E-state index in [9.17, 15) is 18.8 Å². The second kappa shape index (κ2) is 9.76. The normalized spacial score (nSPS) is 14.1. The van der Waals surface area contributed by atoms with Gasteiger partial charge in [-0.25, -0.2) is 9.18 Å². The number of carbonyl (C=O) groups is 3. The second-order valence-electron chi connectivity index (χ2n) is 5.94. The summed E-state index contributed by atoms with van der Waals surface area (Å²) in [5, 5.41) is 5.12. The van der Waals surface area contributed by atoms with Crippen LogP contribution >= 0.6 is 0 Å². The lowest BCUT2D eigenvalue weighted by molar-refractivity contribution is -0.146. The molecule has 7 heteroatoms. The number of halogens is 1. The van der Waals surface area contributed by atoms with Crippen molar-refractivity contribution in [1.29, 1.82) is 0 Å². The van der Waals surface area contributed by atoms with Crippen molar-refractivity contribution < 1.29 is 23.5 Å². The van der Waals surface area contributed by atoms with E-state index < -0.39 is 35.7 Å². The lowest BCUT2D eigenvalue weighted by Gasteiger charge is -2.25. The number of hydrogen-bond donors (Lipinski definition) is 2. The van der Waals surface area contributed by atoms with Gasteiger partial charge in [-0.05, 0) is 17.5 Å². The number of hydrogen-bond acceptors (Lipinski definition) is 4. The lowest BCUT2D eigenvalue weighted by Crippen LogP contribution is -2.54. The minimum absolute atomic E-state index is 0.0213. The molecule has 1 aromatic rings. The van der Waals surface area contributed by atoms with E-state index in [-0.39, 0.29) is 12.3 Å². The molecule has 6 nitrogen and oxygen atoms in total. The second-order valence-corrected chi connectivity index (χ2v) is 5.94. The number of esters is 1. The van der Waals surface area contributed by atoms with Crippen molar-refractivity contribution in [1.82, 2.24) is 10.6 Å². The molecule has 0 bridgehead atoms. The maximum absolute atomic E-state index is 13.9. The average molecular weight is 352 g/mol. The maximum atomic E-state index is 13.9. The van der Waals surface area contributed by atoms with Crippen LogP contribution in [0.5, 0.6) is 0 Å². The summed E-state index contributed by atoms with van der Waals surface area (Å²) >= 11 is 0. The molecule has 0 saturated heterocycles. The van der Waals surface area contributed by atoms with Gasteiger partial charge in [-0.15, -0.1) is 0 Å². The molecular weight excluding hydrogens is 327 g/mol. The molecule has 3 atom stereocenters. The summed E-state index contributed by atoms with van der Waals surface area (Å²) in [6, 6.07) is 4.20. The zero-order valence-corrected chi connectivity index (χ0v) is 15.0. The SMILES string of the molecule is CC[C@H](C)[C@@H](NC(=O)[C@@H](Cc1ccccc1F)NC(C)=O)C(=O)OC. The molecule has 138 valence electrons. The van der Waals surface area contributed by atoms with Crippen LogP contribution in [0.1, 0.15) is 32.8 Å². The maximum Gasteiger partial charge on any atom is 0.328 e. The summed E-state index contributed by atoms with van der Waals surface area (Å²) in [4.78, 5) is 35.9. The van der Waals surface area contributed by atoms with Crippen molar-refractivity contribution >= 4 is 17.8 Å². The third-order valence-electron chi connectivity index (χ3n) is 4.04. The summed E-state index contributed by atoms with van der Waals surface area (Å²) in [5.41, 5.74) is 0.301. The van der Waals surface area contributed by atoms with Crippen molar-refractivity contribution in [2.24, 2.45) is 5.92 Å². The van der Waals surface area contributed by atoms with Gasteiger partial charge >= 0.3 is 5.97 Å². The highest BCUT2D eigenvalue weighted by atomic mass is 19.1. The highest BCUT2D eigenvalue weighted by Gasteiger charge is 2.30. The fraction of sp³-hybridized carbons (Fsp3) is 0.500. The van der Waals surface area contributed by atoms with E-state index in [1.807, 2.05) is 13.8 Å². The molecule has 0 heterocycles. The molecule has 2 N–H and O–H groups in total. The van der Waals surface area contributed by atoms with E-state index in [2.05, 4.69) is 10.6 Å². The van der Waals surface area contributed by atoms with Crippen LogP contribution < -0.4 is 10.6 Å². The van der Waals surface area contributed by atoms with E-state index in [4.69, 9.17) is 4.74 Å². The first-order valence-electron chi connectivity index (χ1n) is 8.18. The van der Waals surface area contributed by atoms with Crippen LogP contribution in [0.3, 0.4) is 0 Å². The van der Waals surface area contributed by atoms with E-state index >= 15 is 0 Å². The largest absolute Gasteiger partial charge is 0.467 e. The monoisotopic (exact) mass is 352 g/mol. The third-order valence-corrected chi connectivity index (χ3v) is 4.04. The third kappa shape index (κ3) is 6.17. The molecule has 0 saturated carbocycles. The van der Waals surface area contributed by atoms with Gasteiger partial charge in [0.1, 0.15) is 17.9 Å². The van der Waals surface area contributed by atoms with Crippen LogP contribution in [0.15, 0.2) is 24.3 Å². The summed E-state index contributed by atoms with van der Waals surface area (Å²) < 4.78 is 18.6. The highest BCUT2D eigenvalue weighted by Crippen LogP contribution is 2.12. The van der Waals surface area contributed by atoms with Crippen molar-refractivity contribution in [3.05, 3.63) is 35.6 Å². The zero-order chi connectivity index (χ0) is 19.0. The Morgan fingerprint density at radius 3 is 2.36 bits per heavy atom. The molecule has 25 heavy (non-hydrogen) atoms. The molecular formula is C18H25FN2O4. The molecule has 2 amide bonds. The number of amides is 2. The van der Waals surface area contributed by atoms with Crippen molar-refractivity contribution in [3.63, 3.8) is 0 Å². The molecule has 0 unspecified atom stereocenters. The fourth-order valence-corrected chi connectivity index (χ4v) is 2.39. The molecule has 0 radical (unpaired) electrons. The van der Waals surface area contributed by atoms with Gasteiger partial charge in [0.15, 0.2) is 0 Å². The van der Waals surface area contributed by atoms with Gasteiger partial charge in [-0.3, -0.25) is 9.59 Å². The Morgan fingerprint density at radius 1 is 1.20 bits per heavy atom. The van der Waals surface area contributed by atoms with Crippen LogP contribution in [-0.2, 0) is 25.5 Å². The standard InChI is InChI=1S/C18H25FN2O4/c1-5-11(2)16(18(24)25-4)21-17(23)15(20-12(3)22)10-13-8-6-7-9-14(13)19/h6-9,11,15-16H,5,10H2,1-4H3,(H,20,22)(H,21,23)/t11-,15+,16+/m0/s1. The Balaban J connectivity index is 2.97. The molecule has 1 rings (SSSR count). The Bertz CT molecular complexity index is 621. The number of ether oxygens (including phenoxy) is 1. The predicted molar refractivity (Wildman–Crippen MR) is 91.1 cm³/mol. The number of carbonyl (C=O) groups excluding carboxylic acids is 3. The Morgan fingerprint density at radius 2 is 1.84 bits per heavy atom. The first kappa shape index (κ1) is 20.6. The Hall–Kier alpha value is -2.44. The van der Waals surface area contributed by atoms with Crippen molar-refractivity contribution in [2.45, 2.75) is 45.7 Å². The number of benzene rings is 1. The van der Waals surface area contributed by atoms with Gasteiger partial charge in [0.2, 0.25) is 11.8 Å². The van der Waals surface area contributed by atoms with E-state index in [0.29, 0.717) is 12.0 Å². The minimum atomic E-state index is -0.995. The summed E-state index contributed by atoms with van der Waals surface area (Å²) in [6.45, 7) is 4.97. The van der Waals surface area contributed by atoms with Crippen LogP contribution in [0.4, 0.5) is 4.39 Å². The lowest BCUT2D eigenvalue weighted by atomic mass is 9.98. The number of methoxy groups -OCH3 is 1. The molecule has 0 fully saturated rings. The summed E-state index contributed by atoms with van der Waals surface area (Å²) in [6.07, 6.45) is 0.630. The first-order chi connectivity index (χ1) is 11.8. The molecule has 0 aliphatic rings. The molecule has 0 aromatic heterocycles. The fourth-order valence-electron chi connectivity index (χ4n) is 2.39. The smallest absolute Gasteiger partial charge is 0.328 e. The topological polar surface area (TPSA) is 84.5 Å². The molecule has 0 spiro atoms. The molecule has 1 aromatic carbocycles. The van der Waals surface area contributed by atoms with Crippen LogP contribution in [0.2, 0.25) is 0 Å². The van der Waals surface area contributed by atoms with E-state index in [0.717, 1.165) is 0 Å². The van der Waals surface area contributed by atoms with E-state index in [1.54, 1.807) is 18.2 Å². The quantitative estimate of drug-likeness (QED) is 0.696. The van der Waals surface area contributed by atoms with Crippen LogP contribution in [0, 0.1) is 11.7 Å². The van der Waals surface area contributed by atoms with E-state index in [1.165, 1.54) is 20.1 Å². The molecule has 0 aliphatic heterocycles. The summed E-state index contributed by atoms with van der Waals surface area (Å²) in [5.74, 6) is -2.15. The number of nitrogens with one attached hydrogen (secondary N) is 2. The first-order valence-corrected chi connectivity index (χ1v) is 8.18. The van der Waals surface area contributed by atoms with Crippen LogP contribution in [-0.4, -0.2) is 37.0 Å². The van der Waals surface area contributed by atoms with Gasteiger partial charge in [-0.2, -0.15) is 0 Å². The van der Waals surface area contributed by atoms with Crippen LogP contribution in [0.25, 0.3) is 0 Å². The predicted octanol–water partition coefficient (Wildman–Crippen LogP) is 1.58.